The number of carbonyl (C=O) groups is 1. The molecule has 0 fully saturated rings. The van der Waals surface area contributed by atoms with Crippen molar-refractivity contribution in [2.24, 2.45) is 0 Å². The van der Waals surface area contributed by atoms with Crippen LogP contribution in [0.5, 0.6) is 0 Å². The number of fused-ring (bicyclic) bond motifs is 3. The van der Waals surface area contributed by atoms with Crippen molar-refractivity contribution >= 4 is 38.3 Å². The first-order valence-electron chi connectivity index (χ1n) is 8.37. The number of hydrogen-bond acceptors (Lipinski definition) is 1. The van der Waals surface area contributed by atoms with E-state index < -0.39 is 0 Å². The van der Waals surface area contributed by atoms with Gasteiger partial charge < -0.3 is 4.90 Å². The molecular weight excluding hydrogens is 374 g/mol. The summed E-state index contributed by atoms with van der Waals surface area (Å²) in [4.78, 5) is 14.7. The number of halogens is 1. The largest absolute Gasteiger partial charge is 0.308 e. The summed E-state index contributed by atoms with van der Waals surface area (Å²) in [6.07, 6.45) is 2.27. The lowest BCUT2D eigenvalue weighted by Gasteiger charge is -2.35. The third-order valence-corrected chi connectivity index (χ3v) is 5.32. The molecule has 124 valence electrons. The summed E-state index contributed by atoms with van der Waals surface area (Å²) in [5, 5.41) is 2.42. The molecule has 0 aromatic heterocycles. The Morgan fingerprint density at radius 3 is 2.76 bits per heavy atom. The fraction of sp³-hybridized carbons (Fsp3) is 0.136. The molecule has 0 spiro atoms. The van der Waals surface area contributed by atoms with Gasteiger partial charge in [-0.1, -0.05) is 64.5 Å². The lowest BCUT2D eigenvalue weighted by atomic mass is 9.81. The number of amides is 1. The highest BCUT2D eigenvalue weighted by atomic mass is 79.9. The second-order valence-electron chi connectivity index (χ2n) is 6.32. The minimum Gasteiger partial charge on any atom is -0.308 e. The fourth-order valence-corrected chi connectivity index (χ4v) is 4.16. The summed E-state index contributed by atoms with van der Waals surface area (Å²) in [6, 6.07) is 20.8. The molecule has 1 heterocycles. The second-order valence-corrected chi connectivity index (χ2v) is 7.24. The molecule has 4 rings (SSSR count). The van der Waals surface area contributed by atoms with Crippen molar-refractivity contribution in [1.29, 1.82) is 0 Å². The molecule has 3 aromatic carbocycles. The van der Waals surface area contributed by atoms with E-state index in [2.05, 4.69) is 71.0 Å². The zero-order valence-electron chi connectivity index (χ0n) is 13.8. The Kier molecular flexibility index (Phi) is 4.18. The van der Waals surface area contributed by atoms with E-state index in [0.717, 1.165) is 10.2 Å². The van der Waals surface area contributed by atoms with Crippen molar-refractivity contribution in [2.75, 3.05) is 11.4 Å². The first-order chi connectivity index (χ1) is 12.2. The lowest BCUT2D eigenvalue weighted by molar-refractivity contribution is -0.119. The van der Waals surface area contributed by atoms with Crippen LogP contribution in [0.25, 0.3) is 10.8 Å². The van der Waals surface area contributed by atoms with Crippen LogP contribution >= 0.6 is 15.9 Å². The molecule has 1 atom stereocenters. The molecule has 1 unspecified atom stereocenters. The van der Waals surface area contributed by atoms with Crippen LogP contribution in [0.2, 0.25) is 0 Å². The van der Waals surface area contributed by atoms with Crippen molar-refractivity contribution in [1.82, 2.24) is 0 Å². The zero-order valence-corrected chi connectivity index (χ0v) is 15.4. The highest BCUT2D eigenvalue weighted by Crippen LogP contribution is 2.44. The van der Waals surface area contributed by atoms with E-state index >= 15 is 0 Å². The Morgan fingerprint density at radius 2 is 1.96 bits per heavy atom. The van der Waals surface area contributed by atoms with E-state index in [1.54, 1.807) is 6.08 Å². The van der Waals surface area contributed by atoms with E-state index in [4.69, 9.17) is 0 Å². The number of anilines is 1. The first-order valence-corrected chi connectivity index (χ1v) is 9.16. The van der Waals surface area contributed by atoms with Gasteiger partial charge in [0.15, 0.2) is 0 Å². The van der Waals surface area contributed by atoms with Crippen molar-refractivity contribution in [3.63, 3.8) is 0 Å². The molecule has 3 heteroatoms. The molecular formula is C22H18BrNO. The van der Waals surface area contributed by atoms with Crippen LogP contribution in [0.4, 0.5) is 5.69 Å². The van der Waals surface area contributed by atoms with Gasteiger partial charge >= 0.3 is 0 Å². The third-order valence-electron chi connectivity index (χ3n) is 4.83. The van der Waals surface area contributed by atoms with E-state index in [1.807, 2.05) is 17.0 Å². The molecule has 25 heavy (non-hydrogen) atoms. The standard InChI is InChI=1S/C22H18BrNO/c1-2-12-24-20-11-10-15-6-3-4-9-18(15)22(20)19(14-21(24)25)16-7-5-8-17(23)13-16/h2-11,13,19H,1,12,14H2. The van der Waals surface area contributed by atoms with Crippen molar-refractivity contribution in [2.45, 2.75) is 12.3 Å². The summed E-state index contributed by atoms with van der Waals surface area (Å²) in [7, 11) is 0. The minimum absolute atomic E-state index is 0.0622. The molecule has 1 aliphatic heterocycles. The molecule has 0 radical (unpaired) electrons. The number of benzene rings is 3. The topological polar surface area (TPSA) is 20.3 Å². The predicted octanol–water partition coefficient (Wildman–Crippen LogP) is 5.66. The normalized spacial score (nSPS) is 16.8. The second kappa shape index (κ2) is 6.49. The molecule has 3 aromatic rings. The number of nitrogens with zero attached hydrogens (tertiary/aromatic N) is 1. The van der Waals surface area contributed by atoms with Gasteiger partial charge in [-0.3, -0.25) is 4.79 Å². The van der Waals surface area contributed by atoms with E-state index in [9.17, 15) is 4.79 Å². The minimum atomic E-state index is 0.0622. The summed E-state index contributed by atoms with van der Waals surface area (Å²) in [5.74, 6) is 0.208. The average molecular weight is 392 g/mol. The van der Waals surface area contributed by atoms with Gasteiger partial charge in [0, 0.05) is 29.0 Å². The SMILES string of the molecule is C=CCN1C(=O)CC(c2cccc(Br)c2)c2c1ccc1ccccc21. The van der Waals surface area contributed by atoms with Crippen molar-refractivity contribution < 1.29 is 4.79 Å². The average Bonchev–Trinajstić information content (AvgIpc) is 2.63. The van der Waals surface area contributed by atoms with Gasteiger partial charge in [0.1, 0.15) is 0 Å². The highest BCUT2D eigenvalue weighted by molar-refractivity contribution is 9.10. The van der Waals surface area contributed by atoms with Crippen LogP contribution in [-0.2, 0) is 4.79 Å². The Hall–Kier alpha value is -2.39. The van der Waals surface area contributed by atoms with Gasteiger partial charge in [0.2, 0.25) is 5.91 Å². The van der Waals surface area contributed by atoms with Gasteiger partial charge in [-0.25, -0.2) is 0 Å². The van der Waals surface area contributed by atoms with E-state index in [1.165, 1.54) is 21.9 Å². The molecule has 0 saturated heterocycles. The number of carbonyl (C=O) groups excluding carboxylic acids is 1. The summed E-state index contributed by atoms with van der Waals surface area (Å²) in [5.41, 5.74) is 3.40. The molecule has 2 nitrogen and oxygen atoms in total. The van der Waals surface area contributed by atoms with Gasteiger partial charge in [-0.05, 0) is 40.1 Å². The van der Waals surface area contributed by atoms with Crippen LogP contribution in [0.15, 0.2) is 77.8 Å². The summed E-state index contributed by atoms with van der Waals surface area (Å²) < 4.78 is 1.03. The molecule has 0 aliphatic carbocycles. The van der Waals surface area contributed by atoms with Gasteiger partial charge in [-0.15, -0.1) is 6.58 Å². The Morgan fingerprint density at radius 1 is 1.12 bits per heavy atom. The molecule has 0 saturated carbocycles. The van der Waals surface area contributed by atoms with Crippen LogP contribution in [0.3, 0.4) is 0 Å². The maximum absolute atomic E-state index is 12.8. The number of rotatable bonds is 3. The fourth-order valence-electron chi connectivity index (χ4n) is 3.74. The Labute approximate surface area is 155 Å². The van der Waals surface area contributed by atoms with E-state index in [0.29, 0.717) is 13.0 Å². The molecule has 0 N–H and O–H groups in total. The molecule has 0 bridgehead atoms. The van der Waals surface area contributed by atoms with Crippen LogP contribution in [0.1, 0.15) is 23.5 Å². The summed E-state index contributed by atoms with van der Waals surface area (Å²) in [6.45, 7) is 4.35. The number of hydrogen-bond donors (Lipinski definition) is 0. The maximum atomic E-state index is 12.8. The van der Waals surface area contributed by atoms with Crippen molar-refractivity contribution in [3.8, 4) is 0 Å². The maximum Gasteiger partial charge on any atom is 0.228 e. The molecule has 1 amide bonds. The van der Waals surface area contributed by atoms with Crippen LogP contribution < -0.4 is 4.90 Å². The predicted molar refractivity (Wildman–Crippen MR) is 107 cm³/mol. The van der Waals surface area contributed by atoms with Crippen molar-refractivity contribution in [3.05, 3.63) is 88.9 Å². The summed E-state index contributed by atoms with van der Waals surface area (Å²) >= 11 is 3.56. The molecule has 1 aliphatic rings. The third kappa shape index (κ3) is 2.79. The Balaban J connectivity index is 1.99. The monoisotopic (exact) mass is 391 g/mol. The van der Waals surface area contributed by atoms with Crippen LogP contribution in [-0.4, -0.2) is 12.5 Å². The zero-order chi connectivity index (χ0) is 17.4. The quantitative estimate of drug-likeness (QED) is 0.527. The first kappa shape index (κ1) is 16.1. The van der Waals surface area contributed by atoms with Gasteiger partial charge in [0.25, 0.3) is 0 Å². The van der Waals surface area contributed by atoms with E-state index in [-0.39, 0.29) is 11.8 Å². The Bertz CT molecular complexity index is 979. The van der Waals surface area contributed by atoms with Gasteiger partial charge in [0.05, 0.1) is 0 Å². The van der Waals surface area contributed by atoms with Crippen LogP contribution in [0, 0.1) is 0 Å². The van der Waals surface area contributed by atoms with Gasteiger partial charge in [-0.2, -0.15) is 0 Å². The highest BCUT2D eigenvalue weighted by Gasteiger charge is 2.33. The smallest absolute Gasteiger partial charge is 0.228 e. The lowest BCUT2D eigenvalue weighted by Crippen LogP contribution is -2.37.